The van der Waals surface area contributed by atoms with Gasteiger partial charge in [0, 0.05) is 0 Å². The molecule has 1 aromatic carbocycles. The highest BCUT2D eigenvalue weighted by molar-refractivity contribution is 5.29. The maximum atomic E-state index is 12.2. The Balaban J connectivity index is 1.53. The second-order valence-corrected chi connectivity index (χ2v) is 6.93. The maximum absolute atomic E-state index is 12.2. The third kappa shape index (κ3) is 4.65. The molecular formula is C19H24F3O. The Morgan fingerprint density at radius 2 is 1.35 bits per heavy atom. The van der Waals surface area contributed by atoms with Crippen molar-refractivity contribution in [2.75, 3.05) is 0 Å². The molecule has 0 heterocycles. The molecule has 2 aliphatic carbocycles. The largest absolute Gasteiger partial charge is 0.573 e. The van der Waals surface area contributed by atoms with E-state index in [1.807, 2.05) is 0 Å². The second kappa shape index (κ2) is 7.14. The molecule has 0 N–H and O–H groups in total. The minimum atomic E-state index is -4.61. The summed E-state index contributed by atoms with van der Waals surface area (Å²) >= 11 is 0. The molecule has 1 radical (unpaired) electrons. The minimum Gasteiger partial charge on any atom is -0.406 e. The molecule has 2 saturated carbocycles. The van der Waals surface area contributed by atoms with Gasteiger partial charge < -0.3 is 4.74 Å². The predicted octanol–water partition coefficient (Wildman–Crippen LogP) is 6.25. The van der Waals surface area contributed by atoms with Gasteiger partial charge in [0.05, 0.1) is 0 Å². The lowest BCUT2D eigenvalue weighted by molar-refractivity contribution is -0.274. The van der Waals surface area contributed by atoms with Gasteiger partial charge in [-0.3, -0.25) is 0 Å². The third-order valence-electron chi connectivity index (χ3n) is 5.51. The van der Waals surface area contributed by atoms with Crippen LogP contribution in [-0.2, 0) is 0 Å². The second-order valence-electron chi connectivity index (χ2n) is 6.93. The van der Waals surface area contributed by atoms with Crippen LogP contribution >= 0.6 is 0 Å². The molecular weight excluding hydrogens is 301 g/mol. The molecule has 0 aromatic heterocycles. The molecule has 0 atom stereocenters. The summed E-state index contributed by atoms with van der Waals surface area (Å²) in [6, 6.07) is 6.46. The molecule has 3 rings (SSSR count). The summed E-state index contributed by atoms with van der Waals surface area (Å²) < 4.78 is 40.5. The molecule has 4 heteroatoms. The first-order valence-corrected chi connectivity index (χ1v) is 8.68. The van der Waals surface area contributed by atoms with E-state index < -0.39 is 6.36 Å². The topological polar surface area (TPSA) is 9.23 Å². The fourth-order valence-corrected chi connectivity index (χ4v) is 4.29. The zero-order chi connectivity index (χ0) is 16.3. The lowest BCUT2D eigenvalue weighted by atomic mass is 9.70. The molecule has 1 aromatic rings. The summed E-state index contributed by atoms with van der Waals surface area (Å²) in [5.41, 5.74) is 1.15. The van der Waals surface area contributed by atoms with E-state index in [4.69, 9.17) is 0 Å². The Kier molecular flexibility index (Phi) is 5.17. The van der Waals surface area contributed by atoms with Crippen LogP contribution in [0.15, 0.2) is 24.3 Å². The number of rotatable bonds is 3. The van der Waals surface area contributed by atoms with Gasteiger partial charge in [-0.15, -0.1) is 13.2 Å². The standard InChI is InChI=1S/C19H24F3O/c20-19(21,22)23-18-12-10-17(11-13-18)16-8-6-15(7-9-16)14-4-2-1-3-5-14/h1,10-16H,2-9H2/t15-,16-. The van der Waals surface area contributed by atoms with Crippen molar-refractivity contribution in [2.24, 2.45) is 11.8 Å². The van der Waals surface area contributed by atoms with Gasteiger partial charge in [-0.05, 0) is 93.2 Å². The normalized spacial score (nSPS) is 26.9. The fraction of sp³-hybridized carbons (Fsp3) is 0.632. The van der Waals surface area contributed by atoms with E-state index in [1.165, 1.54) is 50.7 Å². The highest BCUT2D eigenvalue weighted by Crippen LogP contribution is 2.43. The average Bonchev–Trinajstić information content (AvgIpc) is 2.55. The lowest BCUT2D eigenvalue weighted by Gasteiger charge is -2.36. The van der Waals surface area contributed by atoms with Crippen LogP contribution in [0, 0.1) is 18.3 Å². The van der Waals surface area contributed by atoms with Gasteiger partial charge in [0.15, 0.2) is 0 Å². The van der Waals surface area contributed by atoms with Crippen LogP contribution in [0.1, 0.15) is 62.8 Å². The van der Waals surface area contributed by atoms with Crippen molar-refractivity contribution in [3.63, 3.8) is 0 Å². The first-order chi connectivity index (χ1) is 11.0. The third-order valence-corrected chi connectivity index (χ3v) is 5.51. The Labute approximate surface area is 136 Å². The monoisotopic (exact) mass is 325 g/mol. The molecule has 1 nitrogen and oxygen atoms in total. The van der Waals surface area contributed by atoms with E-state index in [1.54, 1.807) is 12.1 Å². The summed E-state index contributed by atoms with van der Waals surface area (Å²) in [5.74, 6) is 2.10. The molecule has 2 aliphatic rings. The molecule has 0 saturated heterocycles. The zero-order valence-electron chi connectivity index (χ0n) is 13.3. The van der Waals surface area contributed by atoms with E-state index in [0.29, 0.717) is 5.92 Å². The van der Waals surface area contributed by atoms with Crippen LogP contribution in [0.4, 0.5) is 13.2 Å². The molecule has 23 heavy (non-hydrogen) atoms. The maximum Gasteiger partial charge on any atom is 0.573 e. The molecule has 0 amide bonds. The zero-order valence-corrected chi connectivity index (χ0v) is 13.3. The van der Waals surface area contributed by atoms with E-state index in [2.05, 4.69) is 11.2 Å². The average molecular weight is 325 g/mol. The molecule has 0 aliphatic heterocycles. The fourth-order valence-electron chi connectivity index (χ4n) is 4.29. The van der Waals surface area contributed by atoms with Gasteiger partial charge in [-0.1, -0.05) is 12.1 Å². The van der Waals surface area contributed by atoms with Gasteiger partial charge in [-0.2, -0.15) is 0 Å². The van der Waals surface area contributed by atoms with Crippen LogP contribution in [0.25, 0.3) is 0 Å². The quantitative estimate of drug-likeness (QED) is 0.638. The van der Waals surface area contributed by atoms with E-state index in [9.17, 15) is 13.2 Å². The number of ether oxygens (including phenoxy) is 1. The van der Waals surface area contributed by atoms with Crippen molar-refractivity contribution < 1.29 is 17.9 Å². The van der Waals surface area contributed by atoms with Crippen molar-refractivity contribution in [3.8, 4) is 5.75 Å². The number of halogens is 3. The summed E-state index contributed by atoms with van der Waals surface area (Å²) in [7, 11) is 0. The number of benzene rings is 1. The lowest BCUT2D eigenvalue weighted by Crippen LogP contribution is -2.23. The Morgan fingerprint density at radius 3 is 1.91 bits per heavy atom. The number of hydrogen-bond donors (Lipinski definition) is 0. The van der Waals surface area contributed by atoms with Gasteiger partial charge >= 0.3 is 6.36 Å². The highest BCUT2D eigenvalue weighted by Gasteiger charge is 2.31. The molecule has 127 valence electrons. The van der Waals surface area contributed by atoms with Gasteiger partial charge in [0.2, 0.25) is 0 Å². The van der Waals surface area contributed by atoms with Crippen LogP contribution in [0.5, 0.6) is 5.75 Å². The minimum absolute atomic E-state index is 0.131. The van der Waals surface area contributed by atoms with Crippen LogP contribution in [0.2, 0.25) is 0 Å². The van der Waals surface area contributed by atoms with Crippen molar-refractivity contribution in [3.05, 3.63) is 36.2 Å². The smallest absolute Gasteiger partial charge is 0.406 e. The Bertz CT molecular complexity index is 480. The van der Waals surface area contributed by atoms with Crippen LogP contribution in [-0.4, -0.2) is 6.36 Å². The van der Waals surface area contributed by atoms with Crippen molar-refractivity contribution in [2.45, 2.75) is 63.6 Å². The summed E-state index contributed by atoms with van der Waals surface area (Å²) in [4.78, 5) is 0. The van der Waals surface area contributed by atoms with E-state index in [0.717, 1.165) is 30.2 Å². The Hall–Kier alpha value is -1.19. The summed E-state index contributed by atoms with van der Waals surface area (Å²) in [6.07, 6.45) is 7.86. The number of hydrogen-bond acceptors (Lipinski definition) is 1. The van der Waals surface area contributed by atoms with Gasteiger partial charge in [-0.25, -0.2) is 0 Å². The summed E-state index contributed by atoms with van der Waals surface area (Å²) in [5, 5.41) is 0. The molecule has 0 unspecified atom stereocenters. The molecule has 2 fully saturated rings. The molecule has 0 spiro atoms. The molecule has 0 bridgehead atoms. The highest BCUT2D eigenvalue weighted by atomic mass is 19.4. The van der Waals surface area contributed by atoms with Crippen molar-refractivity contribution >= 4 is 0 Å². The summed E-state index contributed by atoms with van der Waals surface area (Å²) in [6.45, 7) is 0. The van der Waals surface area contributed by atoms with Crippen LogP contribution in [0.3, 0.4) is 0 Å². The number of alkyl halides is 3. The van der Waals surface area contributed by atoms with Gasteiger partial charge in [0.1, 0.15) is 5.75 Å². The van der Waals surface area contributed by atoms with Crippen LogP contribution < -0.4 is 4.74 Å². The van der Waals surface area contributed by atoms with E-state index in [-0.39, 0.29) is 5.75 Å². The first kappa shape index (κ1) is 16.7. The van der Waals surface area contributed by atoms with E-state index >= 15 is 0 Å². The predicted molar refractivity (Wildman–Crippen MR) is 84.1 cm³/mol. The Morgan fingerprint density at radius 1 is 0.783 bits per heavy atom. The SMILES string of the molecule is FC(F)(F)Oc1ccc([C@H]2CC[C@H](C3CC[CH]CC3)CC2)cc1. The van der Waals surface area contributed by atoms with Gasteiger partial charge in [0.25, 0.3) is 0 Å². The first-order valence-electron chi connectivity index (χ1n) is 8.68. The van der Waals surface area contributed by atoms with Crippen molar-refractivity contribution in [1.82, 2.24) is 0 Å². The van der Waals surface area contributed by atoms with Crippen molar-refractivity contribution in [1.29, 1.82) is 0 Å².